The molecule has 0 fully saturated rings. The summed E-state index contributed by atoms with van der Waals surface area (Å²) in [5.74, 6) is -0.644. The molecule has 0 aliphatic carbocycles. The van der Waals surface area contributed by atoms with Crippen molar-refractivity contribution in [2.45, 2.75) is 57.8 Å². The number of halogens is 2. The van der Waals surface area contributed by atoms with Crippen LogP contribution in [-0.4, -0.2) is 35.2 Å². The molecule has 3 N–H and O–H groups in total. The van der Waals surface area contributed by atoms with Gasteiger partial charge in [-0.2, -0.15) is 0 Å². The molecule has 0 amide bonds. The third-order valence-electron chi connectivity index (χ3n) is 1.77. The second-order valence-electron chi connectivity index (χ2n) is 4.62. The lowest BCUT2D eigenvalue weighted by Crippen LogP contribution is -2.38. The molecule has 0 aliphatic heterocycles. The van der Waals surface area contributed by atoms with Gasteiger partial charge in [0, 0.05) is 0 Å². The summed E-state index contributed by atoms with van der Waals surface area (Å²) in [6, 6.07) is -0.979. The highest BCUT2D eigenvalue weighted by Crippen LogP contribution is 2.12. The highest BCUT2D eigenvalue weighted by Gasteiger charge is 2.24. The minimum absolute atomic E-state index is 0.0274. The maximum Gasteiger partial charge on any atom is 0.323 e. The monoisotopic (exact) mass is 239 g/mol. The van der Waals surface area contributed by atoms with Gasteiger partial charge in [0.1, 0.15) is 17.7 Å². The number of nitrogens with two attached hydrogens (primary N) is 1. The van der Waals surface area contributed by atoms with E-state index < -0.39 is 30.1 Å². The van der Waals surface area contributed by atoms with Crippen LogP contribution in [0.25, 0.3) is 0 Å². The van der Waals surface area contributed by atoms with Crippen LogP contribution >= 0.6 is 0 Å². The van der Waals surface area contributed by atoms with Crippen molar-refractivity contribution < 1.29 is 23.4 Å². The normalized spacial score (nSPS) is 16.0. The summed E-state index contributed by atoms with van der Waals surface area (Å²) in [6.45, 7) is 5.06. The van der Waals surface area contributed by atoms with Crippen LogP contribution in [0.2, 0.25) is 0 Å². The van der Waals surface area contributed by atoms with E-state index in [1.54, 1.807) is 20.8 Å². The van der Waals surface area contributed by atoms with Gasteiger partial charge in [0.05, 0.1) is 0 Å². The summed E-state index contributed by atoms with van der Waals surface area (Å²) in [5.41, 5.74) is 4.79. The Hall–Kier alpha value is -0.750. The Labute approximate surface area is 93.8 Å². The Balaban J connectivity index is 3.98. The van der Waals surface area contributed by atoms with Crippen LogP contribution < -0.4 is 5.73 Å². The van der Waals surface area contributed by atoms with Gasteiger partial charge in [-0.15, -0.1) is 0 Å². The van der Waals surface area contributed by atoms with Gasteiger partial charge in [0.15, 0.2) is 0 Å². The topological polar surface area (TPSA) is 72.5 Å². The predicted molar refractivity (Wildman–Crippen MR) is 55.1 cm³/mol. The molecular formula is C10H19F2NO3. The molecule has 0 aliphatic rings. The summed E-state index contributed by atoms with van der Waals surface area (Å²) in [7, 11) is 0. The fraction of sp³-hybridized carbons (Fsp3) is 0.900. The van der Waals surface area contributed by atoms with Gasteiger partial charge < -0.3 is 15.6 Å². The largest absolute Gasteiger partial charge is 0.459 e. The first kappa shape index (κ1) is 15.2. The zero-order valence-corrected chi connectivity index (χ0v) is 9.74. The lowest BCUT2D eigenvalue weighted by atomic mass is 10.1. The van der Waals surface area contributed by atoms with Gasteiger partial charge in [-0.3, -0.25) is 4.79 Å². The van der Waals surface area contributed by atoms with Gasteiger partial charge in [0.2, 0.25) is 0 Å². The van der Waals surface area contributed by atoms with Gasteiger partial charge in [-0.1, -0.05) is 0 Å². The lowest BCUT2D eigenvalue weighted by Gasteiger charge is -2.22. The molecule has 6 heteroatoms. The van der Waals surface area contributed by atoms with E-state index in [1.165, 1.54) is 0 Å². The standard InChI is InChI=1S/C10H19F2NO3/c1-10(2,3)16-9(15)6(13)4-5-7(14)8(11)12/h6-8,14H,4-5,13H2,1-3H3. The Morgan fingerprint density at radius 1 is 1.38 bits per heavy atom. The Morgan fingerprint density at radius 2 is 1.88 bits per heavy atom. The van der Waals surface area contributed by atoms with Crippen molar-refractivity contribution in [1.29, 1.82) is 0 Å². The molecule has 0 rings (SSSR count). The van der Waals surface area contributed by atoms with Crippen molar-refractivity contribution in [2.75, 3.05) is 0 Å². The molecule has 16 heavy (non-hydrogen) atoms. The van der Waals surface area contributed by atoms with Crippen LogP contribution in [0.1, 0.15) is 33.6 Å². The van der Waals surface area contributed by atoms with Crippen molar-refractivity contribution >= 4 is 5.97 Å². The first-order valence-electron chi connectivity index (χ1n) is 5.08. The molecule has 2 unspecified atom stereocenters. The Morgan fingerprint density at radius 3 is 2.25 bits per heavy atom. The third-order valence-corrected chi connectivity index (χ3v) is 1.77. The summed E-state index contributed by atoms with van der Waals surface area (Å²) in [5, 5.41) is 8.83. The Bertz CT molecular complexity index is 229. The summed E-state index contributed by atoms with van der Waals surface area (Å²) < 4.78 is 28.8. The van der Waals surface area contributed by atoms with E-state index in [2.05, 4.69) is 0 Å². The molecule has 96 valence electrons. The minimum Gasteiger partial charge on any atom is -0.459 e. The summed E-state index contributed by atoms with van der Waals surface area (Å²) in [6.07, 6.45) is -4.81. The second kappa shape index (κ2) is 6.10. The molecule has 0 heterocycles. The van der Waals surface area contributed by atoms with Gasteiger partial charge in [0.25, 0.3) is 6.43 Å². The van der Waals surface area contributed by atoms with E-state index >= 15 is 0 Å². The van der Waals surface area contributed by atoms with Crippen LogP contribution in [-0.2, 0) is 9.53 Å². The number of aliphatic hydroxyl groups excluding tert-OH is 1. The van der Waals surface area contributed by atoms with Crippen LogP contribution in [0.5, 0.6) is 0 Å². The fourth-order valence-electron chi connectivity index (χ4n) is 0.972. The third kappa shape index (κ3) is 6.68. The molecule has 0 saturated carbocycles. The molecule has 0 saturated heterocycles. The fourth-order valence-corrected chi connectivity index (χ4v) is 0.972. The molecular weight excluding hydrogens is 220 g/mol. The van der Waals surface area contributed by atoms with Gasteiger partial charge >= 0.3 is 5.97 Å². The second-order valence-corrected chi connectivity index (χ2v) is 4.62. The van der Waals surface area contributed by atoms with Crippen LogP contribution in [0.3, 0.4) is 0 Å². The quantitative estimate of drug-likeness (QED) is 0.704. The summed E-state index contributed by atoms with van der Waals surface area (Å²) in [4.78, 5) is 11.3. The van der Waals surface area contributed by atoms with Crippen molar-refractivity contribution in [3.63, 3.8) is 0 Å². The van der Waals surface area contributed by atoms with Crippen molar-refractivity contribution in [3.8, 4) is 0 Å². The Kier molecular flexibility index (Phi) is 5.81. The molecule has 0 aromatic rings. The lowest BCUT2D eigenvalue weighted by molar-refractivity contribution is -0.156. The van der Waals surface area contributed by atoms with Crippen LogP contribution in [0.15, 0.2) is 0 Å². The van der Waals surface area contributed by atoms with E-state index in [4.69, 9.17) is 15.6 Å². The predicted octanol–water partition coefficient (Wildman–Crippen LogP) is 1.06. The number of rotatable bonds is 5. The summed E-state index contributed by atoms with van der Waals surface area (Å²) >= 11 is 0. The zero-order chi connectivity index (χ0) is 12.9. The van der Waals surface area contributed by atoms with Gasteiger partial charge in [-0.25, -0.2) is 8.78 Å². The molecule has 2 atom stereocenters. The van der Waals surface area contributed by atoms with E-state index in [0.29, 0.717) is 0 Å². The maximum atomic E-state index is 11.9. The first-order valence-corrected chi connectivity index (χ1v) is 5.08. The molecule has 0 aromatic carbocycles. The smallest absolute Gasteiger partial charge is 0.323 e. The van der Waals surface area contributed by atoms with Gasteiger partial charge in [-0.05, 0) is 33.6 Å². The average molecular weight is 239 g/mol. The SMILES string of the molecule is CC(C)(C)OC(=O)C(N)CCC(O)C(F)F. The zero-order valence-electron chi connectivity index (χ0n) is 9.74. The van der Waals surface area contributed by atoms with E-state index in [0.717, 1.165) is 0 Å². The molecule has 0 aromatic heterocycles. The average Bonchev–Trinajstić information content (AvgIpc) is 2.10. The molecule has 0 spiro atoms. The first-order chi connectivity index (χ1) is 7.13. The number of hydrogen-bond acceptors (Lipinski definition) is 4. The van der Waals surface area contributed by atoms with E-state index in [9.17, 15) is 13.6 Å². The molecule has 0 radical (unpaired) electrons. The van der Waals surface area contributed by atoms with E-state index in [1.807, 2.05) is 0 Å². The number of aliphatic hydroxyl groups is 1. The van der Waals surface area contributed by atoms with Crippen molar-refractivity contribution in [1.82, 2.24) is 0 Å². The number of ether oxygens (including phenoxy) is 1. The number of hydrogen-bond donors (Lipinski definition) is 2. The number of alkyl halides is 2. The molecule has 0 bridgehead atoms. The maximum absolute atomic E-state index is 11.9. The highest BCUT2D eigenvalue weighted by atomic mass is 19.3. The number of carbonyl (C=O) groups excluding carboxylic acids is 1. The van der Waals surface area contributed by atoms with Crippen LogP contribution in [0, 0.1) is 0 Å². The van der Waals surface area contributed by atoms with Crippen molar-refractivity contribution in [3.05, 3.63) is 0 Å². The van der Waals surface area contributed by atoms with Crippen molar-refractivity contribution in [2.24, 2.45) is 5.73 Å². The number of esters is 1. The van der Waals surface area contributed by atoms with Crippen LogP contribution in [0.4, 0.5) is 8.78 Å². The number of carbonyl (C=O) groups is 1. The van der Waals surface area contributed by atoms with E-state index in [-0.39, 0.29) is 12.8 Å². The molecule has 4 nitrogen and oxygen atoms in total. The highest BCUT2D eigenvalue weighted by molar-refractivity contribution is 5.75. The minimum atomic E-state index is -2.81.